The van der Waals surface area contributed by atoms with Crippen LogP contribution in [0.1, 0.15) is 37.4 Å². The lowest BCUT2D eigenvalue weighted by Gasteiger charge is -2.17. The van der Waals surface area contributed by atoms with Crippen molar-refractivity contribution in [2.24, 2.45) is 5.73 Å². The molecule has 4 amide bonds. The van der Waals surface area contributed by atoms with Crippen molar-refractivity contribution in [3.8, 4) is 0 Å². The summed E-state index contributed by atoms with van der Waals surface area (Å²) in [6.07, 6.45) is 4.89. The summed E-state index contributed by atoms with van der Waals surface area (Å²) < 4.78 is 5.09. The Kier molecular flexibility index (Phi) is 5.05. The number of nitrogens with zero attached hydrogens (tertiary/aromatic N) is 4. The largest absolute Gasteiger partial charge is 0.337 e. The molecular formula is C14H18ClN5O4. The quantitative estimate of drug-likeness (QED) is 0.468. The molecule has 0 aromatic carbocycles. The van der Waals surface area contributed by atoms with Crippen LogP contribution in [0.5, 0.6) is 0 Å². The number of amides is 4. The molecule has 2 heterocycles. The Hall–Kier alpha value is -2.26. The average molecular weight is 356 g/mol. The van der Waals surface area contributed by atoms with Gasteiger partial charge in [-0.15, -0.1) is 19.0 Å². The molecule has 10 heteroatoms. The Morgan fingerprint density at radius 1 is 1.21 bits per heavy atom. The molecule has 130 valence electrons. The Balaban J connectivity index is 0.00000208. The molecule has 1 aliphatic carbocycles. The number of carbonyl (C=O) groups excluding carboxylic acids is 3. The second-order valence-electron chi connectivity index (χ2n) is 5.75. The van der Waals surface area contributed by atoms with E-state index in [1.54, 1.807) is 0 Å². The van der Waals surface area contributed by atoms with Crippen LogP contribution in [0.15, 0.2) is 17.2 Å². The van der Waals surface area contributed by atoms with Crippen molar-refractivity contribution >= 4 is 30.3 Å². The van der Waals surface area contributed by atoms with Crippen LogP contribution >= 0.6 is 12.4 Å². The molecule has 0 radical (unpaired) electrons. The summed E-state index contributed by atoms with van der Waals surface area (Å²) in [6.45, 7) is 3.17. The zero-order chi connectivity index (χ0) is 16.6. The first-order valence-electron chi connectivity index (χ1n) is 7.36. The molecule has 3 rings (SSSR count). The molecule has 1 saturated heterocycles. The lowest BCUT2D eigenvalue weighted by atomic mass is 9.99. The molecule has 1 aliphatic heterocycles. The van der Waals surface area contributed by atoms with Gasteiger partial charge in [0.15, 0.2) is 5.82 Å². The maximum Gasteiger partial charge on any atom is 0.335 e. The number of rotatable bonds is 5. The highest BCUT2D eigenvalue weighted by Crippen LogP contribution is 2.34. The molecule has 2 aliphatic rings. The summed E-state index contributed by atoms with van der Waals surface area (Å²) in [4.78, 5) is 41.5. The van der Waals surface area contributed by atoms with Gasteiger partial charge in [0, 0.05) is 6.54 Å². The van der Waals surface area contributed by atoms with Crippen LogP contribution in [-0.2, 0) is 21.7 Å². The van der Waals surface area contributed by atoms with Crippen LogP contribution < -0.4 is 5.73 Å². The van der Waals surface area contributed by atoms with E-state index in [2.05, 4.69) is 16.7 Å². The van der Waals surface area contributed by atoms with E-state index < -0.39 is 23.4 Å². The van der Waals surface area contributed by atoms with Crippen molar-refractivity contribution < 1.29 is 18.9 Å². The number of aromatic nitrogens is 2. The second-order valence-corrected chi connectivity index (χ2v) is 5.75. The van der Waals surface area contributed by atoms with Gasteiger partial charge in [0.25, 0.3) is 0 Å². The van der Waals surface area contributed by atoms with Gasteiger partial charge < -0.3 is 10.3 Å². The smallest absolute Gasteiger partial charge is 0.335 e. The van der Waals surface area contributed by atoms with Crippen molar-refractivity contribution in [3.05, 3.63) is 24.4 Å². The van der Waals surface area contributed by atoms with Crippen LogP contribution in [-0.4, -0.2) is 44.3 Å². The van der Waals surface area contributed by atoms with Crippen molar-refractivity contribution in [3.63, 3.8) is 0 Å². The molecule has 2 N–H and O–H groups in total. The average Bonchev–Trinajstić information content (AvgIpc) is 3.21. The molecule has 24 heavy (non-hydrogen) atoms. The van der Waals surface area contributed by atoms with Crippen LogP contribution in [0.25, 0.3) is 0 Å². The first kappa shape index (κ1) is 18.1. The summed E-state index contributed by atoms with van der Waals surface area (Å²) in [7, 11) is 0. The van der Waals surface area contributed by atoms with Crippen LogP contribution in [0.4, 0.5) is 4.79 Å². The van der Waals surface area contributed by atoms with Crippen LogP contribution in [0, 0.1) is 0 Å². The maximum atomic E-state index is 12.1. The van der Waals surface area contributed by atoms with Gasteiger partial charge in [-0.1, -0.05) is 24.1 Å². The molecule has 0 spiro atoms. The second kappa shape index (κ2) is 6.70. The number of urea groups is 1. The third-order valence-corrected chi connectivity index (χ3v) is 4.15. The molecule has 0 unspecified atom stereocenters. The Labute approximate surface area is 144 Å². The van der Waals surface area contributed by atoms with Gasteiger partial charge in [-0.3, -0.25) is 14.5 Å². The van der Waals surface area contributed by atoms with E-state index >= 15 is 0 Å². The summed E-state index contributed by atoms with van der Waals surface area (Å²) in [5.41, 5.74) is 5.61. The van der Waals surface area contributed by atoms with E-state index in [0.29, 0.717) is 5.82 Å². The van der Waals surface area contributed by atoms with Gasteiger partial charge in [-0.05, 0) is 12.8 Å². The standard InChI is InChI=1S/C14H17N5O4.ClH/c1-2-7-18-10(20)11(21)19(13(18)22)8-9-16-12(17-23-9)14(15)5-3-4-6-14;/h2H,1,3-8,15H2;1H. The molecule has 0 bridgehead atoms. The van der Waals surface area contributed by atoms with E-state index in [1.165, 1.54) is 6.08 Å². The topological polar surface area (TPSA) is 123 Å². The van der Waals surface area contributed by atoms with Crippen LogP contribution in [0.2, 0.25) is 0 Å². The number of carbonyl (C=O) groups is 3. The Morgan fingerprint density at radius 3 is 2.46 bits per heavy atom. The van der Waals surface area contributed by atoms with Crippen molar-refractivity contribution in [2.75, 3.05) is 6.54 Å². The van der Waals surface area contributed by atoms with E-state index in [9.17, 15) is 14.4 Å². The Morgan fingerprint density at radius 2 is 1.83 bits per heavy atom. The highest BCUT2D eigenvalue weighted by Gasteiger charge is 2.45. The Bertz CT molecular complexity index is 682. The minimum Gasteiger partial charge on any atom is -0.337 e. The summed E-state index contributed by atoms with van der Waals surface area (Å²) in [6, 6.07) is -0.719. The first-order valence-corrected chi connectivity index (χ1v) is 7.36. The molecule has 1 aromatic heterocycles. The number of hydrogen-bond donors (Lipinski definition) is 1. The van der Waals surface area contributed by atoms with Crippen molar-refractivity contribution in [1.29, 1.82) is 0 Å². The minimum absolute atomic E-state index is 0. The minimum atomic E-state index is -0.917. The summed E-state index contributed by atoms with van der Waals surface area (Å²) in [5, 5.41) is 3.86. The van der Waals surface area contributed by atoms with E-state index in [-0.39, 0.29) is 31.4 Å². The molecule has 1 aromatic rings. The van der Waals surface area contributed by atoms with Crippen LogP contribution in [0.3, 0.4) is 0 Å². The molecular weight excluding hydrogens is 338 g/mol. The predicted octanol–water partition coefficient (Wildman–Crippen LogP) is 0.696. The zero-order valence-corrected chi connectivity index (χ0v) is 13.8. The van der Waals surface area contributed by atoms with Gasteiger partial charge in [-0.25, -0.2) is 9.69 Å². The fraction of sp³-hybridized carbons (Fsp3) is 0.500. The lowest BCUT2D eigenvalue weighted by Crippen LogP contribution is -2.35. The van der Waals surface area contributed by atoms with E-state index in [1.807, 2.05) is 0 Å². The van der Waals surface area contributed by atoms with Gasteiger partial charge in [0.05, 0.1) is 5.54 Å². The summed E-state index contributed by atoms with van der Waals surface area (Å²) >= 11 is 0. The third-order valence-electron chi connectivity index (χ3n) is 4.15. The van der Waals surface area contributed by atoms with Crippen molar-refractivity contribution in [1.82, 2.24) is 19.9 Å². The fourth-order valence-corrected chi connectivity index (χ4v) is 2.87. The molecule has 2 fully saturated rings. The van der Waals surface area contributed by atoms with E-state index in [0.717, 1.165) is 35.5 Å². The predicted molar refractivity (Wildman–Crippen MR) is 83.7 cm³/mol. The molecule has 9 nitrogen and oxygen atoms in total. The van der Waals surface area contributed by atoms with Crippen molar-refractivity contribution in [2.45, 2.75) is 37.8 Å². The summed E-state index contributed by atoms with van der Waals surface area (Å²) in [5.74, 6) is -1.36. The number of imide groups is 2. The SMILES string of the molecule is C=CCN1C(=O)C(=O)N(Cc2nc(C3(N)CCCC3)no2)C1=O.Cl. The van der Waals surface area contributed by atoms with E-state index in [4.69, 9.17) is 10.3 Å². The monoisotopic (exact) mass is 355 g/mol. The molecule has 1 saturated carbocycles. The fourth-order valence-electron chi connectivity index (χ4n) is 2.87. The van der Waals surface area contributed by atoms with Gasteiger partial charge >= 0.3 is 17.8 Å². The number of nitrogens with two attached hydrogens (primary N) is 1. The highest BCUT2D eigenvalue weighted by molar-refractivity contribution is 6.44. The first-order chi connectivity index (χ1) is 11.0. The maximum absolute atomic E-state index is 12.1. The number of halogens is 1. The van der Waals surface area contributed by atoms with Gasteiger partial charge in [0.1, 0.15) is 6.54 Å². The zero-order valence-electron chi connectivity index (χ0n) is 12.9. The lowest BCUT2D eigenvalue weighted by molar-refractivity contribution is -0.143. The third kappa shape index (κ3) is 2.92. The molecule has 0 atom stereocenters. The van der Waals surface area contributed by atoms with Gasteiger partial charge in [0.2, 0.25) is 5.89 Å². The number of hydrogen-bond acceptors (Lipinski definition) is 7. The highest BCUT2D eigenvalue weighted by atomic mass is 35.5. The van der Waals surface area contributed by atoms with Gasteiger partial charge in [-0.2, -0.15) is 4.98 Å². The normalized spacial score (nSPS) is 19.8.